The molecule has 1 aliphatic rings. The Morgan fingerprint density at radius 3 is 2.86 bits per heavy atom. The highest BCUT2D eigenvalue weighted by Crippen LogP contribution is 2.17. The minimum atomic E-state index is 0.267. The smallest absolute Gasteiger partial charge is 0.0700 e. The fourth-order valence-electron chi connectivity index (χ4n) is 1.60. The van der Waals surface area contributed by atoms with Crippen molar-refractivity contribution in [3.63, 3.8) is 0 Å². The maximum absolute atomic E-state index is 5.66. The van der Waals surface area contributed by atoms with Crippen molar-refractivity contribution in [2.24, 2.45) is 11.1 Å². The molecule has 1 atom stereocenters. The van der Waals surface area contributed by atoms with E-state index in [1.165, 1.54) is 12.8 Å². The second-order valence-electron chi connectivity index (χ2n) is 4.96. The number of ether oxygens (including phenoxy) is 1. The summed E-state index contributed by atoms with van der Waals surface area (Å²) in [5.74, 6) is 0. The molecule has 0 amide bonds. The third kappa shape index (κ3) is 4.40. The van der Waals surface area contributed by atoms with Crippen molar-refractivity contribution in [3.8, 4) is 0 Å². The highest BCUT2D eigenvalue weighted by atomic mass is 16.5. The fraction of sp³-hybridized carbons (Fsp3) is 1.00. The van der Waals surface area contributed by atoms with Gasteiger partial charge in [0.1, 0.15) is 0 Å². The van der Waals surface area contributed by atoms with Gasteiger partial charge in [-0.25, -0.2) is 0 Å². The Morgan fingerprint density at radius 2 is 2.29 bits per heavy atom. The molecule has 0 radical (unpaired) electrons. The highest BCUT2D eigenvalue weighted by Gasteiger charge is 2.17. The minimum absolute atomic E-state index is 0.267. The van der Waals surface area contributed by atoms with Crippen LogP contribution in [0, 0.1) is 5.41 Å². The summed E-state index contributed by atoms with van der Waals surface area (Å²) in [7, 11) is 0. The summed E-state index contributed by atoms with van der Waals surface area (Å²) in [5.41, 5.74) is 5.93. The van der Waals surface area contributed by atoms with Crippen molar-refractivity contribution in [1.29, 1.82) is 0 Å². The lowest BCUT2D eigenvalue weighted by Gasteiger charge is -2.22. The van der Waals surface area contributed by atoms with E-state index in [1.54, 1.807) is 0 Å². The van der Waals surface area contributed by atoms with E-state index < -0.39 is 0 Å². The molecule has 0 aliphatic carbocycles. The Bertz CT molecular complexity index is 153. The summed E-state index contributed by atoms with van der Waals surface area (Å²) in [5, 5.41) is 3.44. The first-order valence-electron chi connectivity index (χ1n) is 5.66. The Labute approximate surface area is 87.4 Å². The molecule has 1 rings (SSSR count). The first kappa shape index (κ1) is 12.0. The van der Waals surface area contributed by atoms with Crippen molar-refractivity contribution in [2.45, 2.75) is 39.2 Å². The predicted octanol–water partition coefficient (Wildman–Crippen LogP) is 1.13. The largest absolute Gasteiger partial charge is 0.377 e. The second kappa shape index (κ2) is 5.69. The van der Waals surface area contributed by atoms with Gasteiger partial charge >= 0.3 is 0 Å². The van der Waals surface area contributed by atoms with Crippen LogP contribution in [0.4, 0.5) is 0 Å². The molecule has 1 aliphatic heterocycles. The molecule has 0 bridgehead atoms. The van der Waals surface area contributed by atoms with E-state index in [4.69, 9.17) is 10.5 Å². The van der Waals surface area contributed by atoms with Crippen LogP contribution in [-0.4, -0.2) is 32.3 Å². The zero-order chi connectivity index (χ0) is 10.4. The van der Waals surface area contributed by atoms with Crippen LogP contribution in [0.5, 0.6) is 0 Å². The van der Waals surface area contributed by atoms with Gasteiger partial charge in [0.05, 0.1) is 6.10 Å². The maximum atomic E-state index is 5.66. The van der Waals surface area contributed by atoms with E-state index in [0.717, 1.165) is 32.7 Å². The summed E-state index contributed by atoms with van der Waals surface area (Å²) in [6.07, 6.45) is 4.03. The molecule has 14 heavy (non-hydrogen) atoms. The Morgan fingerprint density at radius 1 is 1.50 bits per heavy atom. The average molecular weight is 200 g/mol. The number of nitrogens with one attached hydrogen (secondary N) is 1. The number of hydrogen-bond acceptors (Lipinski definition) is 3. The molecule has 0 spiro atoms. The van der Waals surface area contributed by atoms with Crippen molar-refractivity contribution < 1.29 is 4.74 Å². The lowest BCUT2D eigenvalue weighted by molar-refractivity contribution is 0.109. The van der Waals surface area contributed by atoms with Crippen LogP contribution in [0.25, 0.3) is 0 Å². The van der Waals surface area contributed by atoms with Gasteiger partial charge in [0, 0.05) is 13.2 Å². The van der Waals surface area contributed by atoms with E-state index in [1.807, 2.05) is 0 Å². The topological polar surface area (TPSA) is 47.3 Å². The van der Waals surface area contributed by atoms with Crippen LogP contribution >= 0.6 is 0 Å². The molecule has 0 aromatic carbocycles. The Balaban J connectivity index is 1.98. The van der Waals surface area contributed by atoms with Gasteiger partial charge in [-0.15, -0.1) is 0 Å². The van der Waals surface area contributed by atoms with Crippen LogP contribution in [0.2, 0.25) is 0 Å². The molecule has 0 aromatic heterocycles. The fourth-order valence-corrected chi connectivity index (χ4v) is 1.60. The van der Waals surface area contributed by atoms with Gasteiger partial charge in [-0.1, -0.05) is 13.8 Å². The van der Waals surface area contributed by atoms with Gasteiger partial charge in [-0.3, -0.25) is 0 Å². The van der Waals surface area contributed by atoms with Crippen molar-refractivity contribution in [3.05, 3.63) is 0 Å². The average Bonchev–Trinajstić information content (AvgIpc) is 2.65. The molecule has 0 aromatic rings. The third-order valence-electron chi connectivity index (χ3n) is 2.93. The Hall–Kier alpha value is -0.120. The normalized spacial score (nSPS) is 22.9. The second-order valence-corrected chi connectivity index (χ2v) is 4.96. The molecule has 3 heteroatoms. The molecule has 84 valence electrons. The first-order chi connectivity index (χ1) is 6.64. The number of nitrogens with two attached hydrogens (primary N) is 1. The van der Waals surface area contributed by atoms with Crippen LogP contribution in [0.3, 0.4) is 0 Å². The van der Waals surface area contributed by atoms with Crippen LogP contribution in [0.15, 0.2) is 0 Å². The monoisotopic (exact) mass is 200 g/mol. The van der Waals surface area contributed by atoms with E-state index in [0.29, 0.717) is 6.10 Å². The molecule has 3 N–H and O–H groups in total. The summed E-state index contributed by atoms with van der Waals surface area (Å²) < 4.78 is 5.52. The summed E-state index contributed by atoms with van der Waals surface area (Å²) >= 11 is 0. The van der Waals surface area contributed by atoms with Gasteiger partial charge < -0.3 is 15.8 Å². The lowest BCUT2D eigenvalue weighted by atomic mass is 9.90. The van der Waals surface area contributed by atoms with E-state index in [9.17, 15) is 0 Å². The zero-order valence-electron chi connectivity index (χ0n) is 9.51. The van der Waals surface area contributed by atoms with Crippen LogP contribution < -0.4 is 11.1 Å². The van der Waals surface area contributed by atoms with E-state index in [2.05, 4.69) is 19.2 Å². The zero-order valence-corrected chi connectivity index (χ0v) is 9.51. The van der Waals surface area contributed by atoms with E-state index in [-0.39, 0.29) is 5.41 Å². The van der Waals surface area contributed by atoms with Crippen molar-refractivity contribution in [2.75, 3.05) is 26.2 Å². The summed E-state index contributed by atoms with van der Waals surface area (Å²) in [6, 6.07) is 0. The minimum Gasteiger partial charge on any atom is -0.377 e. The van der Waals surface area contributed by atoms with Gasteiger partial charge in [0.2, 0.25) is 0 Å². The van der Waals surface area contributed by atoms with Crippen molar-refractivity contribution >= 4 is 0 Å². The van der Waals surface area contributed by atoms with Gasteiger partial charge in [0.15, 0.2) is 0 Å². The first-order valence-corrected chi connectivity index (χ1v) is 5.66. The molecular formula is C11H24N2O. The maximum Gasteiger partial charge on any atom is 0.0700 e. The molecule has 3 nitrogen and oxygen atoms in total. The lowest BCUT2D eigenvalue weighted by Crippen LogP contribution is -2.32. The standard InChI is InChI=1S/C11H24N2O/c1-11(2,9-12)5-6-13-8-10-4-3-7-14-10/h10,13H,3-9,12H2,1-2H3. The third-order valence-corrected chi connectivity index (χ3v) is 2.93. The van der Waals surface area contributed by atoms with E-state index >= 15 is 0 Å². The molecule has 0 saturated carbocycles. The molecule has 1 unspecified atom stereocenters. The quantitative estimate of drug-likeness (QED) is 0.632. The van der Waals surface area contributed by atoms with Crippen LogP contribution in [-0.2, 0) is 4.74 Å². The number of rotatable bonds is 6. The predicted molar refractivity (Wildman–Crippen MR) is 59.3 cm³/mol. The van der Waals surface area contributed by atoms with Crippen molar-refractivity contribution in [1.82, 2.24) is 5.32 Å². The van der Waals surface area contributed by atoms with Gasteiger partial charge in [-0.05, 0) is 37.8 Å². The summed E-state index contributed by atoms with van der Waals surface area (Å²) in [4.78, 5) is 0. The van der Waals surface area contributed by atoms with Crippen LogP contribution in [0.1, 0.15) is 33.1 Å². The summed E-state index contributed by atoms with van der Waals surface area (Å²) in [6.45, 7) is 8.17. The molecule has 1 fully saturated rings. The molecule has 1 heterocycles. The number of hydrogen-bond donors (Lipinski definition) is 2. The van der Waals surface area contributed by atoms with Gasteiger partial charge in [0.25, 0.3) is 0 Å². The Kier molecular flexibility index (Phi) is 4.85. The van der Waals surface area contributed by atoms with Gasteiger partial charge in [-0.2, -0.15) is 0 Å². The molecular weight excluding hydrogens is 176 g/mol. The SMILES string of the molecule is CC(C)(CN)CCNCC1CCCO1. The molecule has 1 saturated heterocycles. The highest BCUT2D eigenvalue weighted by molar-refractivity contribution is 4.72.